The molecule has 1 aliphatic heterocycles. The summed E-state index contributed by atoms with van der Waals surface area (Å²) in [6.07, 6.45) is 12.9. The summed E-state index contributed by atoms with van der Waals surface area (Å²) in [7, 11) is 0. The number of pyridine rings is 1. The van der Waals surface area contributed by atoms with Gasteiger partial charge in [0.1, 0.15) is 0 Å². The lowest BCUT2D eigenvalue weighted by Crippen LogP contribution is -2.17. The second-order valence-electron chi connectivity index (χ2n) is 13.0. The van der Waals surface area contributed by atoms with Gasteiger partial charge >= 0.3 is 0 Å². The van der Waals surface area contributed by atoms with Crippen molar-refractivity contribution in [2.75, 3.05) is 4.90 Å². The lowest BCUT2D eigenvalue weighted by atomic mass is 9.99. The predicted molar refractivity (Wildman–Crippen MR) is 210 cm³/mol. The lowest BCUT2D eigenvalue weighted by Gasteiger charge is -2.29. The number of fused-ring (bicyclic) bond motifs is 7. The SMILES string of the molecule is C1=CC(N2c3ccncc3-c3c(n(-c4ccc(-c5nc(-c6ccccc6)nc(-c6ccccc6)n5)cc4)c4ccccc34)-c3ccccc32)=CCC1. The second-order valence-corrected chi connectivity index (χ2v) is 13.0. The number of anilines is 2. The zero-order valence-electron chi connectivity index (χ0n) is 28.3. The Kier molecular flexibility index (Phi) is 7.17. The lowest BCUT2D eigenvalue weighted by molar-refractivity contribution is 0.997. The van der Waals surface area contributed by atoms with Crippen LogP contribution in [-0.2, 0) is 0 Å². The van der Waals surface area contributed by atoms with E-state index in [2.05, 4.69) is 112 Å². The first kappa shape index (κ1) is 29.9. The van der Waals surface area contributed by atoms with Gasteiger partial charge in [0, 0.05) is 62.5 Å². The third kappa shape index (κ3) is 4.95. The molecule has 246 valence electrons. The Labute approximate surface area is 301 Å². The van der Waals surface area contributed by atoms with E-state index in [0.29, 0.717) is 17.5 Å². The molecule has 1 aliphatic carbocycles. The van der Waals surface area contributed by atoms with Crippen molar-refractivity contribution in [2.24, 2.45) is 0 Å². The summed E-state index contributed by atoms with van der Waals surface area (Å²) in [5, 5.41) is 1.18. The molecule has 2 aliphatic rings. The molecule has 0 radical (unpaired) electrons. The van der Waals surface area contributed by atoms with Crippen LogP contribution in [-0.4, -0.2) is 24.5 Å². The fourth-order valence-electron chi connectivity index (χ4n) is 7.55. The summed E-state index contributed by atoms with van der Waals surface area (Å²) in [6, 6.07) is 48.4. The zero-order chi connectivity index (χ0) is 34.4. The third-order valence-corrected chi connectivity index (χ3v) is 9.90. The largest absolute Gasteiger partial charge is 0.309 e. The minimum absolute atomic E-state index is 0.630. The van der Waals surface area contributed by atoms with E-state index in [1.54, 1.807) is 0 Å². The van der Waals surface area contributed by atoms with E-state index in [-0.39, 0.29) is 0 Å². The smallest absolute Gasteiger partial charge is 0.164 e. The van der Waals surface area contributed by atoms with Gasteiger partial charge in [0.15, 0.2) is 17.5 Å². The Bertz CT molecular complexity index is 2620. The van der Waals surface area contributed by atoms with Crippen LogP contribution in [0.5, 0.6) is 0 Å². The van der Waals surface area contributed by atoms with Gasteiger partial charge in [-0.05, 0) is 61.4 Å². The van der Waals surface area contributed by atoms with Crippen molar-refractivity contribution in [3.63, 3.8) is 0 Å². The molecule has 8 aromatic rings. The van der Waals surface area contributed by atoms with Crippen LogP contribution in [0, 0.1) is 0 Å². The van der Waals surface area contributed by atoms with Gasteiger partial charge in [0.05, 0.1) is 22.6 Å². The number of hydrogen-bond donors (Lipinski definition) is 0. The molecular weight excluding hydrogens is 637 g/mol. The Morgan fingerprint density at radius 2 is 1.13 bits per heavy atom. The van der Waals surface area contributed by atoms with Gasteiger partial charge in [-0.1, -0.05) is 109 Å². The first-order valence-electron chi connectivity index (χ1n) is 17.6. The highest BCUT2D eigenvalue weighted by Gasteiger charge is 2.31. The Morgan fingerprint density at radius 3 is 1.83 bits per heavy atom. The highest BCUT2D eigenvalue weighted by molar-refractivity contribution is 6.12. The number of allylic oxidation sites excluding steroid dienone is 3. The zero-order valence-corrected chi connectivity index (χ0v) is 28.3. The Hall–Kier alpha value is -6.92. The normalized spacial score (nSPS) is 13.2. The molecule has 0 saturated carbocycles. The van der Waals surface area contributed by atoms with Crippen molar-refractivity contribution in [1.29, 1.82) is 0 Å². The van der Waals surface area contributed by atoms with Gasteiger partial charge in [0.25, 0.3) is 0 Å². The van der Waals surface area contributed by atoms with Crippen LogP contribution in [0.4, 0.5) is 11.4 Å². The summed E-state index contributed by atoms with van der Waals surface area (Å²) >= 11 is 0. The minimum atomic E-state index is 0.630. The molecule has 0 N–H and O–H groups in total. The average molecular weight is 669 g/mol. The van der Waals surface area contributed by atoms with Crippen molar-refractivity contribution < 1.29 is 0 Å². The number of hydrogen-bond acceptors (Lipinski definition) is 5. The Morgan fingerprint density at radius 1 is 0.519 bits per heavy atom. The molecule has 0 spiro atoms. The first-order chi connectivity index (χ1) is 25.8. The van der Waals surface area contributed by atoms with Crippen molar-refractivity contribution in [1.82, 2.24) is 24.5 Å². The van der Waals surface area contributed by atoms with E-state index in [9.17, 15) is 0 Å². The van der Waals surface area contributed by atoms with Crippen LogP contribution >= 0.6 is 0 Å². The molecule has 52 heavy (non-hydrogen) atoms. The molecule has 10 rings (SSSR count). The molecule has 0 atom stereocenters. The summed E-state index contributed by atoms with van der Waals surface area (Å²) in [4.78, 5) is 21.9. The van der Waals surface area contributed by atoms with Gasteiger partial charge in [-0.25, -0.2) is 15.0 Å². The van der Waals surface area contributed by atoms with Gasteiger partial charge in [-0.3, -0.25) is 4.98 Å². The molecule has 6 heteroatoms. The van der Waals surface area contributed by atoms with E-state index >= 15 is 0 Å². The average Bonchev–Trinajstić information content (AvgIpc) is 3.51. The van der Waals surface area contributed by atoms with E-state index < -0.39 is 0 Å². The van der Waals surface area contributed by atoms with E-state index in [0.717, 1.165) is 68.9 Å². The molecule has 0 unspecified atom stereocenters. The van der Waals surface area contributed by atoms with Gasteiger partial charge in [0.2, 0.25) is 0 Å². The van der Waals surface area contributed by atoms with Crippen LogP contribution in [0.3, 0.4) is 0 Å². The van der Waals surface area contributed by atoms with Crippen LogP contribution in [0.1, 0.15) is 12.8 Å². The maximum atomic E-state index is 4.98. The topological polar surface area (TPSA) is 59.7 Å². The minimum Gasteiger partial charge on any atom is -0.309 e. The number of para-hydroxylation sites is 2. The number of benzene rings is 5. The highest BCUT2D eigenvalue weighted by Crippen LogP contribution is 2.53. The summed E-state index contributed by atoms with van der Waals surface area (Å²) in [5.41, 5.74) is 13.0. The molecule has 3 aromatic heterocycles. The van der Waals surface area contributed by atoms with Crippen LogP contribution < -0.4 is 4.90 Å². The molecule has 4 heterocycles. The number of rotatable bonds is 5. The van der Waals surface area contributed by atoms with Crippen molar-refractivity contribution in [3.05, 3.63) is 176 Å². The fraction of sp³-hybridized carbons (Fsp3) is 0.0435. The number of aromatic nitrogens is 5. The monoisotopic (exact) mass is 668 g/mol. The van der Waals surface area contributed by atoms with Crippen LogP contribution in [0.25, 0.3) is 73.1 Å². The van der Waals surface area contributed by atoms with E-state index in [4.69, 9.17) is 15.0 Å². The van der Waals surface area contributed by atoms with Gasteiger partial charge in [-0.15, -0.1) is 0 Å². The fourth-order valence-corrected chi connectivity index (χ4v) is 7.55. The summed E-state index contributed by atoms with van der Waals surface area (Å²) < 4.78 is 2.40. The van der Waals surface area contributed by atoms with Gasteiger partial charge in [-0.2, -0.15) is 0 Å². The number of nitrogens with zero attached hydrogens (tertiary/aromatic N) is 6. The maximum absolute atomic E-state index is 4.98. The first-order valence-corrected chi connectivity index (χ1v) is 17.6. The third-order valence-electron chi connectivity index (χ3n) is 9.90. The quantitative estimate of drug-likeness (QED) is 0.183. The second kappa shape index (κ2) is 12.4. The van der Waals surface area contributed by atoms with Crippen molar-refractivity contribution >= 4 is 22.3 Å². The standard InChI is InChI=1S/C46H32N6/c1-4-14-31(15-5-1)44-48-45(32-16-6-2-7-17-32)50-46(49-44)33-24-26-35(27-25-33)52-39-22-12-10-20-36(39)42-38-30-47-29-28-41(38)51(34-18-8-3-9-19-34)40-23-13-11-21-37(40)43(42)52/h1-2,4-8,10-30H,3,9H2. The predicted octanol–water partition coefficient (Wildman–Crippen LogP) is 11.2. The van der Waals surface area contributed by atoms with E-state index in [1.807, 2.05) is 73.1 Å². The molecule has 0 amide bonds. The van der Waals surface area contributed by atoms with E-state index in [1.165, 1.54) is 16.6 Å². The Balaban J connectivity index is 1.17. The molecular formula is C46H32N6. The highest BCUT2D eigenvalue weighted by atomic mass is 15.2. The molecule has 5 aromatic carbocycles. The van der Waals surface area contributed by atoms with Crippen LogP contribution in [0.15, 0.2) is 176 Å². The maximum Gasteiger partial charge on any atom is 0.164 e. The van der Waals surface area contributed by atoms with Crippen molar-refractivity contribution in [2.45, 2.75) is 12.8 Å². The molecule has 0 bridgehead atoms. The van der Waals surface area contributed by atoms with Gasteiger partial charge < -0.3 is 9.47 Å². The molecule has 0 saturated heterocycles. The van der Waals surface area contributed by atoms with Crippen LogP contribution in [0.2, 0.25) is 0 Å². The molecule has 0 fully saturated rings. The van der Waals surface area contributed by atoms with Crippen molar-refractivity contribution in [3.8, 4) is 62.2 Å². The summed E-state index contributed by atoms with van der Waals surface area (Å²) in [6.45, 7) is 0. The molecule has 6 nitrogen and oxygen atoms in total. The summed E-state index contributed by atoms with van der Waals surface area (Å²) in [5.74, 6) is 1.92.